The first-order valence-corrected chi connectivity index (χ1v) is 8.81. The van der Waals surface area contributed by atoms with Crippen molar-refractivity contribution in [3.8, 4) is 0 Å². The van der Waals surface area contributed by atoms with Crippen molar-refractivity contribution in [1.29, 1.82) is 0 Å². The molecule has 0 amide bonds. The topological polar surface area (TPSA) is 77.6 Å². The van der Waals surface area contributed by atoms with E-state index in [0.29, 0.717) is 17.0 Å². The third kappa shape index (κ3) is 3.09. The molecule has 5 heterocycles. The van der Waals surface area contributed by atoms with Crippen LogP contribution < -0.4 is 0 Å². The highest BCUT2D eigenvalue weighted by atomic mass is 16.3. The molecule has 1 unspecified atom stereocenters. The third-order valence-corrected chi connectivity index (χ3v) is 4.53. The minimum atomic E-state index is -0.791. The van der Waals surface area contributed by atoms with Crippen LogP contribution in [0.3, 0.4) is 0 Å². The summed E-state index contributed by atoms with van der Waals surface area (Å²) in [5, 5.41) is 10.2. The van der Waals surface area contributed by atoms with Gasteiger partial charge in [0.25, 0.3) is 0 Å². The average Bonchev–Trinajstić information content (AvgIpc) is 3.40. The fraction of sp³-hybridized carbons (Fsp3) is 0.0909. The predicted octanol–water partition coefficient (Wildman–Crippen LogP) is 4.41. The fourth-order valence-corrected chi connectivity index (χ4v) is 3.28. The van der Waals surface area contributed by atoms with Crippen molar-refractivity contribution in [2.75, 3.05) is 0 Å². The summed E-state index contributed by atoms with van der Waals surface area (Å²) in [5.41, 5.74) is 6.91. The van der Waals surface area contributed by atoms with Crippen LogP contribution in [0.2, 0.25) is 0 Å². The summed E-state index contributed by atoms with van der Waals surface area (Å²) in [6, 6.07) is 15.8. The van der Waals surface area contributed by atoms with Crippen molar-refractivity contribution >= 4 is 45.8 Å². The van der Waals surface area contributed by atoms with E-state index in [9.17, 15) is 5.11 Å². The first kappa shape index (κ1) is 14.7. The van der Waals surface area contributed by atoms with Gasteiger partial charge in [0.1, 0.15) is 0 Å². The quantitative estimate of drug-likeness (QED) is 0.473. The molecule has 3 aromatic rings. The molecule has 0 radical (unpaired) electrons. The maximum absolute atomic E-state index is 10.2. The van der Waals surface area contributed by atoms with Gasteiger partial charge in [-0.1, -0.05) is 0 Å². The molecule has 5 rings (SSSR count). The third-order valence-electron chi connectivity index (χ3n) is 4.53. The Morgan fingerprint density at radius 1 is 0.815 bits per heavy atom. The Morgan fingerprint density at radius 3 is 2.00 bits per heavy atom. The number of aromatic nitrogens is 4. The minimum Gasteiger partial charge on any atom is -0.389 e. The molecule has 27 heavy (non-hydrogen) atoms. The van der Waals surface area contributed by atoms with Crippen LogP contribution in [0, 0.1) is 0 Å². The van der Waals surface area contributed by atoms with E-state index in [-0.39, 0.29) is 6.05 Å². The van der Waals surface area contributed by atoms with Crippen molar-refractivity contribution in [1.82, 2.24) is 19.9 Å². The number of rotatable bonds is 1. The lowest BCUT2D eigenvalue weighted by atomic mass is 10.1. The molecule has 0 saturated heterocycles. The van der Waals surface area contributed by atoms with Crippen molar-refractivity contribution in [2.45, 2.75) is 13.0 Å². The van der Waals surface area contributed by atoms with Crippen molar-refractivity contribution in [2.24, 2.45) is 0 Å². The van der Waals surface area contributed by atoms with Crippen LogP contribution in [-0.4, -0.2) is 31.1 Å². The zero-order valence-electron chi connectivity index (χ0n) is 15.7. The van der Waals surface area contributed by atoms with Crippen LogP contribution in [0.1, 0.15) is 31.1 Å². The van der Waals surface area contributed by atoms with Crippen LogP contribution in [0.15, 0.2) is 48.5 Å². The molecule has 0 saturated carbocycles. The summed E-state index contributed by atoms with van der Waals surface area (Å²) in [7, 11) is 0. The second kappa shape index (κ2) is 6.07. The number of nitrogens with one attached hydrogen (secondary N) is 2. The molecule has 3 N–H and O–H groups in total. The molecule has 8 bridgehead atoms. The van der Waals surface area contributed by atoms with Crippen LogP contribution in [0.4, 0.5) is 0 Å². The van der Waals surface area contributed by atoms with E-state index in [1.54, 1.807) is 6.92 Å². The summed E-state index contributed by atoms with van der Waals surface area (Å²) in [6.07, 6.45) is 3.05. The summed E-state index contributed by atoms with van der Waals surface area (Å²) >= 11 is 0. The van der Waals surface area contributed by atoms with E-state index in [1.165, 1.54) is 0 Å². The molecule has 0 spiro atoms. The normalized spacial score (nSPS) is 15.1. The van der Waals surface area contributed by atoms with Gasteiger partial charge in [-0.15, -0.1) is 0 Å². The van der Waals surface area contributed by atoms with Gasteiger partial charge in [0.05, 0.1) is 30.3 Å². The van der Waals surface area contributed by atoms with Crippen LogP contribution in [0.5, 0.6) is 0 Å². The van der Waals surface area contributed by atoms with Crippen molar-refractivity contribution in [3.63, 3.8) is 0 Å². The fourth-order valence-electron chi connectivity index (χ4n) is 3.28. The van der Waals surface area contributed by atoms with Crippen LogP contribution in [-0.2, 0) is 0 Å². The second-order valence-corrected chi connectivity index (χ2v) is 6.71. The Labute approximate surface area is 157 Å². The molecule has 5 nitrogen and oxygen atoms in total. The molecule has 3 aromatic heterocycles. The Kier molecular flexibility index (Phi) is 3.31. The molecule has 5 heteroatoms. The highest BCUT2D eigenvalue weighted by Gasteiger charge is 2.15. The molecule has 0 fully saturated rings. The molecular formula is C22H18N4O. The first-order valence-electron chi connectivity index (χ1n) is 9.31. The molecule has 1 atom stereocenters. The number of aromatic amines is 2. The van der Waals surface area contributed by atoms with Crippen molar-refractivity contribution < 1.29 is 6.48 Å². The lowest BCUT2D eigenvalue weighted by Crippen LogP contribution is -2.01. The summed E-state index contributed by atoms with van der Waals surface area (Å²) in [5.74, 6) is 0. The van der Waals surface area contributed by atoms with E-state index in [1.807, 2.05) is 60.7 Å². The summed E-state index contributed by atoms with van der Waals surface area (Å²) in [6.45, 7) is 1.65. The van der Waals surface area contributed by atoms with Crippen LogP contribution in [0.25, 0.3) is 45.8 Å². The monoisotopic (exact) mass is 355 g/mol. The lowest BCUT2D eigenvalue weighted by molar-refractivity contribution is 0.254. The van der Waals surface area contributed by atoms with E-state index >= 15 is 0 Å². The van der Waals surface area contributed by atoms with E-state index in [2.05, 4.69) is 19.9 Å². The highest BCUT2D eigenvalue weighted by molar-refractivity contribution is 5.86. The van der Waals surface area contributed by atoms with Crippen molar-refractivity contribution in [3.05, 3.63) is 71.3 Å². The van der Waals surface area contributed by atoms with E-state index in [0.717, 1.165) is 33.5 Å². The van der Waals surface area contributed by atoms with Gasteiger partial charge in [0, 0.05) is 27.6 Å². The number of hydrogen-bond acceptors (Lipinski definition) is 3. The minimum absolute atomic E-state index is 0.234. The van der Waals surface area contributed by atoms with Gasteiger partial charge in [-0.25, -0.2) is 9.97 Å². The molecule has 0 aromatic carbocycles. The second-order valence-electron chi connectivity index (χ2n) is 6.71. The van der Waals surface area contributed by atoms with Gasteiger partial charge in [-0.2, -0.15) is 0 Å². The Balaban J connectivity index is 1.87. The SMILES string of the molecule is [2H]C1=C(C(C)O)c2cc3nc(cc4ccc(cc5ccc(cc1n2)[nH]5)[nH]4)C=C3. The molecule has 0 aliphatic carbocycles. The Hall–Kier alpha value is -3.44. The summed E-state index contributed by atoms with van der Waals surface area (Å²) in [4.78, 5) is 15.9. The zero-order valence-corrected chi connectivity index (χ0v) is 14.7. The molecular weight excluding hydrogens is 336 g/mol. The zero-order chi connectivity index (χ0) is 19.3. The smallest absolute Gasteiger partial charge is 0.0783 e. The first-order chi connectivity index (χ1) is 13.5. The average molecular weight is 355 g/mol. The molecule has 2 aliphatic heterocycles. The van der Waals surface area contributed by atoms with Gasteiger partial charge in [-0.05, 0) is 73.7 Å². The standard InChI is InChI=1S/C22H18N4O/c1-13(27)21-11-20-10-18-5-4-16(24-18)8-14-2-3-15(23-14)9-17-6-7-19(25-17)12-22(21)26-20/h2-13,23-24,27H,1H3/i11D. The summed E-state index contributed by atoms with van der Waals surface area (Å²) < 4.78 is 8.47. The van der Waals surface area contributed by atoms with Crippen LogP contribution >= 0.6 is 0 Å². The number of hydrogen-bond donors (Lipinski definition) is 3. The lowest BCUT2D eigenvalue weighted by Gasteiger charge is -2.03. The maximum atomic E-state index is 10.2. The van der Waals surface area contributed by atoms with Gasteiger partial charge in [-0.3, -0.25) is 0 Å². The number of nitrogens with zero attached hydrogens (tertiary/aromatic N) is 2. The number of aliphatic hydroxyl groups is 1. The van der Waals surface area contributed by atoms with Gasteiger partial charge >= 0.3 is 0 Å². The Bertz CT molecular complexity index is 1310. The van der Waals surface area contributed by atoms with Gasteiger partial charge in [0.2, 0.25) is 0 Å². The molecule has 132 valence electrons. The van der Waals surface area contributed by atoms with Gasteiger partial charge in [0.15, 0.2) is 0 Å². The Morgan fingerprint density at radius 2 is 1.37 bits per heavy atom. The number of H-pyrrole nitrogens is 2. The largest absolute Gasteiger partial charge is 0.389 e. The maximum Gasteiger partial charge on any atom is 0.0783 e. The van der Waals surface area contributed by atoms with E-state index in [4.69, 9.17) is 1.37 Å². The highest BCUT2D eigenvalue weighted by Crippen LogP contribution is 2.25. The van der Waals surface area contributed by atoms with E-state index < -0.39 is 6.10 Å². The number of fused-ring (bicyclic) bond motifs is 8. The molecule has 2 aliphatic rings. The predicted molar refractivity (Wildman–Crippen MR) is 109 cm³/mol. The number of aliphatic hydroxyl groups excluding tert-OH is 1. The van der Waals surface area contributed by atoms with Gasteiger partial charge < -0.3 is 15.1 Å².